The molecule has 0 aliphatic carbocycles. The Morgan fingerprint density at radius 2 is 1.79 bits per heavy atom. The lowest BCUT2D eigenvalue weighted by molar-refractivity contribution is -0.179. The van der Waals surface area contributed by atoms with Gasteiger partial charge in [0, 0.05) is 25.3 Å². The molecule has 2 aromatic carbocycles. The number of hydrogen-bond acceptors (Lipinski definition) is 8. The smallest absolute Gasteiger partial charge is 0.347 e. The maximum absolute atomic E-state index is 13.6. The number of hydrogen-bond donors (Lipinski definition) is 2. The van der Waals surface area contributed by atoms with E-state index in [1.807, 2.05) is 45.9 Å². The molecule has 0 radical (unpaired) electrons. The van der Waals surface area contributed by atoms with Crippen LogP contribution in [0, 0.1) is 24.2 Å². The fourth-order valence-corrected chi connectivity index (χ4v) is 5.95. The summed E-state index contributed by atoms with van der Waals surface area (Å²) < 4.78 is 23.2. The average molecular weight is 683 g/mol. The van der Waals surface area contributed by atoms with Crippen molar-refractivity contribution in [2.24, 2.45) is 17.3 Å². The van der Waals surface area contributed by atoms with Crippen molar-refractivity contribution in [3.05, 3.63) is 76.3 Å². The van der Waals surface area contributed by atoms with Crippen LogP contribution in [0.1, 0.15) is 70.3 Å². The van der Waals surface area contributed by atoms with Gasteiger partial charge in [0.15, 0.2) is 6.10 Å². The lowest BCUT2D eigenvalue weighted by Gasteiger charge is -2.29. The third-order valence-electron chi connectivity index (χ3n) is 8.65. The Morgan fingerprint density at radius 1 is 1.04 bits per heavy atom. The molecule has 0 unspecified atom stereocenters. The van der Waals surface area contributed by atoms with Gasteiger partial charge in [0.05, 0.1) is 23.7 Å². The molecule has 1 saturated heterocycles. The molecule has 2 N–H and O–H groups in total. The highest BCUT2D eigenvalue weighted by atomic mass is 35.5. The number of rotatable bonds is 8. The second-order valence-electron chi connectivity index (χ2n) is 13.8. The summed E-state index contributed by atoms with van der Waals surface area (Å²) in [6.45, 7) is 11.0. The lowest BCUT2D eigenvalue weighted by atomic mass is 9.92. The fourth-order valence-electron chi connectivity index (χ4n) is 5.67. The van der Waals surface area contributed by atoms with Gasteiger partial charge in [-0.25, -0.2) is 4.79 Å². The third kappa shape index (κ3) is 9.82. The van der Waals surface area contributed by atoms with Crippen molar-refractivity contribution in [3.63, 3.8) is 0 Å². The Bertz CT molecular complexity index is 1520. The quantitative estimate of drug-likeness (QED) is 0.278. The molecule has 1 fully saturated rings. The molecule has 0 bridgehead atoms. The van der Waals surface area contributed by atoms with Gasteiger partial charge < -0.3 is 29.6 Å². The maximum atomic E-state index is 13.6. The average Bonchev–Trinajstić information content (AvgIpc) is 3.83. The van der Waals surface area contributed by atoms with Gasteiger partial charge in [-0.15, -0.1) is 0 Å². The zero-order valence-corrected chi connectivity index (χ0v) is 29.5. The first-order chi connectivity index (χ1) is 22.7. The molecule has 0 aromatic heterocycles. The molecule has 2 aliphatic rings. The molecule has 260 valence electrons. The van der Waals surface area contributed by atoms with Gasteiger partial charge in [-0.05, 0) is 62.4 Å². The molecule has 11 heteroatoms. The Kier molecular flexibility index (Phi) is 12.3. The monoisotopic (exact) mass is 682 g/mol. The molecule has 10 nitrogen and oxygen atoms in total. The third-order valence-corrected chi connectivity index (χ3v) is 8.95. The second-order valence-corrected chi connectivity index (χ2v) is 14.2. The van der Waals surface area contributed by atoms with Crippen molar-refractivity contribution < 1.29 is 38.1 Å². The highest BCUT2D eigenvalue weighted by Crippen LogP contribution is 2.45. The van der Waals surface area contributed by atoms with E-state index < -0.39 is 47.4 Å². The zero-order chi connectivity index (χ0) is 35.2. The van der Waals surface area contributed by atoms with Crippen LogP contribution in [-0.2, 0) is 39.8 Å². The second kappa shape index (κ2) is 16.0. The number of carbonyl (C=O) groups is 4. The van der Waals surface area contributed by atoms with Crippen LogP contribution in [-0.4, -0.2) is 61.8 Å². The summed E-state index contributed by atoms with van der Waals surface area (Å²) >= 11 is 6.32. The summed E-state index contributed by atoms with van der Waals surface area (Å²) in [5.41, 5.74) is 1.65. The van der Waals surface area contributed by atoms with Crippen molar-refractivity contribution in [1.82, 2.24) is 10.6 Å². The normalized spacial score (nSPS) is 26.5. The van der Waals surface area contributed by atoms with E-state index in [0.29, 0.717) is 16.3 Å². The minimum absolute atomic E-state index is 0.0212. The van der Waals surface area contributed by atoms with Gasteiger partial charge in [-0.2, -0.15) is 0 Å². The number of aryl methyl sites for hydroxylation is 1. The maximum Gasteiger partial charge on any atom is 0.347 e. The molecular weight excluding hydrogens is 636 g/mol. The number of carbonyl (C=O) groups excluding carboxylic acids is 4. The van der Waals surface area contributed by atoms with Gasteiger partial charge in [0.2, 0.25) is 11.8 Å². The van der Waals surface area contributed by atoms with E-state index >= 15 is 0 Å². The summed E-state index contributed by atoms with van der Waals surface area (Å²) in [5.74, 6) is -2.06. The number of halogens is 1. The van der Waals surface area contributed by atoms with Crippen LogP contribution in [0.4, 0.5) is 0 Å². The molecule has 4 rings (SSSR count). The number of benzene rings is 2. The van der Waals surface area contributed by atoms with Crippen LogP contribution in [0.25, 0.3) is 0 Å². The SMILES string of the molecule is COc1ccc(C[C@H]2NC(=O)/C=C/C[C@@H]([C@H](C)[C@H]3O[C@@H]3c3cccc(C)c3)OC(=O)[C@H](CC(C)C)OC(=O)C(C)(C)CNC2=O)cc1Cl. The predicted octanol–water partition coefficient (Wildman–Crippen LogP) is 5.43. The van der Waals surface area contributed by atoms with Crippen molar-refractivity contribution in [2.45, 2.75) is 91.3 Å². The van der Waals surface area contributed by atoms with Gasteiger partial charge in [-0.3, -0.25) is 14.4 Å². The van der Waals surface area contributed by atoms with E-state index in [9.17, 15) is 19.2 Å². The minimum Gasteiger partial charge on any atom is -0.495 e. The Labute approximate surface area is 287 Å². The summed E-state index contributed by atoms with van der Waals surface area (Å²) in [5, 5.41) is 5.92. The van der Waals surface area contributed by atoms with Crippen molar-refractivity contribution in [3.8, 4) is 5.75 Å². The van der Waals surface area contributed by atoms with Crippen molar-refractivity contribution >= 4 is 35.4 Å². The van der Waals surface area contributed by atoms with Crippen LogP contribution in [0.15, 0.2) is 54.6 Å². The molecule has 0 saturated carbocycles. The van der Waals surface area contributed by atoms with E-state index in [-0.39, 0.29) is 49.9 Å². The van der Waals surface area contributed by atoms with Gasteiger partial charge in [0.1, 0.15) is 24.0 Å². The number of nitrogens with one attached hydrogen (secondary N) is 2. The van der Waals surface area contributed by atoms with E-state index in [4.69, 9.17) is 30.5 Å². The number of methoxy groups -OCH3 is 1. The van der Waals surface area contributed by atoms with Crippen LogP contribution in [0.3, 0.4) is 0 Å². The van der Waals surface area contributed by atoms with Gasteiger partial charge in [0.25, 0.3) is 0 Å². The Balaban J connectivity index is 1.61. The highest BCUT2D eigenvalue weighted by molar-refractivity contribution is 6.32. The number of cyclic esters (lactones) is 2. The summed E-state index contributed by atoms with van der Waals surface area (Å²) in [7, 11) is 1.51. The first kappa shape index (κ1) is 36.9. The number of ether oxygens (including phenoxy) is 4. The number of epoxide rings is 1. The van der Waals surface area contributed by atoms with E-state index in [1.54, 1.807) is 38.1 Å². The summed E-state index contributed by atoms with van der Waals surface area (Å²) in [6, 6.07) is 12.2. The van der Waals surface area contributed by atoms with Crippen LogP contribution < -0.4 is 15.4 Å². The highest BCUT2D eigenvalue weighted by Gasteiger charge is 2.48. The van der Waals surface area contributed by atoms with E-state index in [0.717, 1.165) is 11.1 Å². The minimum atomic E-state index is -1.20. The molecule has 2 amide bonds. The van der Waals surface area contributed by atoms with Crippen LogP contribution in [0.5, 0.6) is 5.75 Å². The van der Waals surface area contributed by atoms with Gasteiger partial charge in [-0.1, -0.05) is 74.3 Å². The summed E-state index contributed by atoms with van der Waals surface area (Å²) in [4.78, 5) is 53.7. The van der Waals surface area contributed by atoms with Gasteiger partial charge >= 0.3 is 11.9 Å². The summed E-state index contributed by atoms with van der Waals surface area (Å²) in [6.07, 6.45) is 1.33. The topological polar surface area (TPSA) is 133 Å². The molecular formula is C37H47ClN2O8. The molecule has 0 spiro atoms. The number of amides is 2. The fraction of sp³-hybridized carbons (Fsp3) is 0.514. The standard InChI is InChI=1S/C37H47ClN2O8/c1-21(2)16-30-35(43)46-28(23(4)32-33(48-32)25-11-8-10-22(3)17-25)12-9-13-31(41)40-27(19-24-14-15-29(45-7)26(38)18-24)34(42)39-20-37(5,6)36(44)47-30/h8-11,13-15,17-18,21,23,27-28,30,32-33H,12,16,19-20H2,1-7H3,(H,39,42)(H,40,41)/b13-9+/t23-,27+,28-,30-,32+,33+/m0/s1. The molecule has 2 aromatic rings. The molecule has 48 heavy (non-hydrogen) atoms. The zero-order valence-electron chi connectivity index (χ0n) is 28.7. The van der Waals surface area contributed by atoms with E-state index in [1.165, 1.54) is 13.2 Å². The molecule has 2 heterocycles. The molecule has 2 aliphatic heterocycles. The first-order valence-electron chi connectivity index (χ1n) is 16.4. The molecule has 6 atom stereocenters. The largest absolute Gasteiger partial charge is 0.495 e. The number of esters is 2. The lowest BCUT2D eigenvalue weighted by Crippen LogP contribution is -2.51. The predicted molar refractivity (Wildman–Crippen MR) is 181 cm³/mol. The van der Waals surface area contributed by atoms with E-state index in [2.05, 4.69) is 16.7 Å². The van der Waals surface area contributed by atoms with Crippen molar-refractivity contribution in [1.29, 1.82) is 0 Å². The van der Waals surface area contributed by atoms with Crippen molar-refractivity contribution in [2.75, 3.05) is 13.7 Å². The Hall–Kier alpha value is -3.89. The first-order valence-corrected chi connectivity index (χ1v) is 16.8. The van der Waals surface area contributed by atoms with Crippen LogP contribution >= 0.6 is 11.6 Å². The Morgan fingerprint density at radius 3 is 2.46 bits per heavy atom. The van der Waals surface area contributed by atoms with Crippen LogP contribution in [0.2, 0.25) is 5.02 Å².